The van der Waals surface area contributed by atoms with Crippen LogP contribution in [0.25, 0.3) is 11.0 Å². The number of hydrogen-bond acceptors (Lipinski definition) is 5. The Balaban J connectivity index is 1.26. The molecule has 5 rings (SSSR count). The third-order valence-electron chi connectivity index (χ3n) is 5.54. The van der Waals surface area contributed by atoms with Crippen molar-refractivity contribution in [2.75, 3.05) is 13.1 Å². The molecule has 3 aromatic rings. The Labute approximate surface area is 161 Å². The van der Waals surface area contributed by atoms with Crippen molar-refractivity contribution in [3.63, 3.8) is 0 Å². The Morgan fingerprint density at radius 1 is 1.25 bits per heavy atom. The summed E-state index contributed by atoms with van der Waals surface area (Å²) < 4.78 is 5.58. The van der Waals surface area contributed by atoms with Crippen molar-refractivity contribution < 1.29 is 14.0 Å². The second-order valence-corrected chi connectivity index (χ2v) is 7.74. The van der Waals surface area contributed by atoms with E-state index >= 15 is 0 Å². The molecule has 2 aliphatic rings. The second kappa shape index (κ2) is 6.47. The first-order valence-corrected chi connectivity index (χ1v) is 9.57. The van der Waals surface area contributed by atoms with Gasteiger partial charge in [-0.05, 0) is 30.9 Å². The van der Waals surface area contributed by atoms with E-state index in [-0.39, 0.29) is 29.5 Å². The maximum Gasteiger partial charge on any atom is 0.289 e. The van der Waals surface area contributed by atoms with Gasteiger partial charge in [0.2, 0.25) is 5.76 Å². The normalized spacial score (nSPS) is 22.0. The Bertz CT molecular complexity index is 1050. The lowest BCUT2D eigenvalue weighted by atomic mass is 10.1. The van der Waals surface area contributed by atoms with Crippen LogP contribution in [0.4, 0.5) is 0 Å². The van der Waals surface area contributed by atoms with Crippen molar-refractivity contribution >= 4 is 22.8 Å². The zero-order valence-electron chi connectivity index (χ0n) is 15.5. The smallest absolute Gasteiger partial charge is 0.289 e. The minimum absolute atomic E-state index is 0.0803. The highest BCUT2D eigenvalue weighted by Crippen LogP contribution is 2.39. The van der Waals surface area contributed by atoms with Gasteiger partial charge < -0.3 is 19.6 Å². The molecule has 2 fully saturated rings. The van der Waals surface area contributed by atoms with E-state index in [0.717, 1.165) is 23.9 Å². The number of pyridine rings is 1. The van der Waals surface area contributed by atoms with Crippen LogP contribution in [-0.4, -0.2) is 50.8 Å². The molecule has 1 saturated carbocycles. The third kappa shape index (κ3) is 3.04. The quantitative estimate of drug-likeness (QED) is 0.724. The lowest BCUT2D eigenvalue weighted by Crippen LogP contribution is -2.40. The number of H-pyrrole nitrogens is 1. The number of carbonyl (C=O) groups is 2. The first-order chi connectivity index (χ1) is 13.6. The minimum Gasteiger partial charge on any atom is -0.435 e. The van der Waals surface area contributed by atoms with Gasteiger partial charge in [0.1, 0.15) is 0 Å². The first-order valence-electron chi connectivity index (χ1n) is 9.57. The van der Waals surface area contributed by atoms with Crippen molar-refractivity contribution in [3.8, 4) is 0 Å². The van der Waals surface area contributed by atoms with Crippen molar-refractivity contribution in [3.05, 3.63) is 47.9 Å². The molecule has 144 valence electrons. The lowest BCUT2D eigenvalue weighted by Gasteiger charge is -2.17. The van der Waals surface area contributed by atoms with Crippen LogP contribution in [0, 0.1) is 5.92 Å². The molecule has 1 aliphatic carbocycles. The number of nitrogens with one attached hydrogen (secondary N) is 2. The summed E-state index contributed by atoms with van der Waals surface area (Å²) in [4.78, 5) is 38.7. The van der Waals surface area contributed by atoms with Crippen molar-refractivity contribution in [2.45, 2.75) is 31.7 Å². The van der Waals surface area contributed by atoms with Crippen LogP contribution in [-0.2, 0) is 0 Å². The Kier molecular flexibility index (Phi) is 3.92. The number of carbonyl (C=O) groups excluding carboxylic acids is 2. The fraction of sp³-hybridized carbons (Fsp3) is 0.400. The van der Waals surface area contributed by atoms with E-state index < -0.39 is 0 Å². The monoisotopic (exact) mass is 379 g/mol. The van der Waals surface area contributed by atoms with Crippen LogP contribution >= 0.6 is 0 Å². The molecule has 2 unspecified atom stereocenters. The fourth-order valence-corrected chi connectivity index (χ4v) is 3.71. The second-order valence-electron chi connectivity index (χ2n) is 7.74. The number of likely N-dealkylation sites (tertiary alicyclic amines) is 1. The maximum atomic E-state index is 12.9. The summed E-state index contributed by atoms with van der Waals surface area (Å²) in [5.74, 6) is 1.03. The number of aromatic amines is 1. The average Bonchev–Trinajstić information content (AvgIpc) is 3.09. The van der Waals surface area contributed by atoms with Crippen molar-refractivity contribution in [1.82, 2.24) is 25.2 Å². The van der Waals surface area contributed by atoms with Crippen LogP contribution in [0.5, 0.6) is 0 Å². The molecule has 1 saturated heterocycles. The molecule has 0 aromatic carbocycles. The molecule has 0 spiro atoms. The largest absolute Gasteiger partial charge is 0.435 e. The molecule has 28 heavy (non-hydrogen) atoms. The molecule has 2 amide bonds. The number of hydrogen-bond donors (Lipinski definition) is 2. The Morgan fingerprint density at radius 3 is 2.93 bits per heavy atom. The molecular formula is C20H21N5O3. The summed E-state index contributed by atoms with van der Waals surface area (Å²) in [7, 11) is 0. The van der Waals surface area contributed by atoms with E-state index in [9.17, 15) is 9.59 Å². The van der Waals surface area contributed by atoms with Gasteiger partial charge in [-0.3, -0.25) is 14.6 Å². The first kappa shape index (κ1) is 17.0. The topological polar surface area (TPSA) is 104 Å². The van der Waals surface area contributed by atoms with Crippen molar-refractivity contribution in [1.29, 1.82) is 0 Å². The molecular weight excluding hydrogens is 358 g/mol. The highest BCUT2D eigenvalue weighted by atomic mass is 16.4. The van der Waals surface area contributed by atoms with Crippen LogP contribution in [0.3, 0.4) is 0 Å². The molecule has 0 radical (unpaired) electrons. The van der Waals surface area contributed by atoms with E-state index in [4.69, 9.17) is 4.42 Å². The molecule has 0 bridgehead atoms. The van der Waals surface area contributed by atoms with Gasteiger partial charge in [-0.2, -0.15) is 0 Å². The van der Waals surface area contributed by atoms with E-state index in [2.05, 4.69) is 20.3 Å². The van der Waals surface area contributed by atoms with Crippen LogP contribution in [0.1, 0.15) is 52.5 Å². The number of nitrogens with zero attached hydrogens (tertiary/aromatic N) is 3. The standard InChI is InChI=1S/C20H21N5O3/c1-11-9-25(20(27)13-6-15-14(22-7-13)4-5-21-15)10-16(11)24-18(26)17-8-23-19(28-17)12-2-3-12/h4-8,11-12,16,21H,2-3,9-10H2,1H3,(H,24,26). The van der Waals surface area contributed by atoms with E-state index in [0.29, 0.717) is 30.5 Å². The molecule has 1 aliphatic heterocycles. The zero-order chi connectivity index (χ0) is 19.3. The maximum absolute atomic E-state index is 12.9. The number of rotatable bonds is 4. The lowest BCUT2D eigenvalue weighted by molar-refractivity contribution is 0.0779. The molecule has 4 heterocycles. The van der Waals surface area contributed by atoms with Gasteiger partial charge in [0.05, 0.1) is 28.8 Å². The summed E-state index contributed by atoms with van der Waals surface area (Å²) >= 11 is 0. The predicted octanol–water partition coefficient (Wildman–Crippen LogP) is 2.32. The number of aromatic nitrogens is 3. The summed E-state index contributed by atoms with van der Waals surface area (Å²) in [6.45, 7) is 3.06. The Morgan fingerprint density at radius 2 is 2.11 bits per heavy atom. The van der Waals surface area contributed by atoms with Gasteiger partial charge in [0.15, 0.2) is 5.89 Å². The van der Waals surface area contributed by atoms with Gasteiger partial charge in [-0.15, -0.1) is 0 Å². The van der Waals surface area contributed by atoms with Gasteiger partial charge >= 0.3 is 0 Å². The predicted molar refractivity (Wildman–Crippen MR) is 101 cm³/mol. The molecule has 8 nitrogen and oxygen atoms in total. The van der Waals surface area contributed by atoms with Gasteiger partial charge in [-0.25, -0.2) is 4.98 Å². The summed E-state index contributed by atoms with van der Waals surface area (Å²) in [5, 5.41) is 2.99. The molecule has 2 atom stereocenters. The highest BCUT2D eigenvalue weighted by molar-refractivity contribution is 5.97. The Hall–Kier alpha value is -3.16. The van der Waals surface area contributed by atoms with E-state index in [1.807, 2.05) is 19.1 Å². The molecule has 3 aromatic heterocycles. The number of fused-ring (bicyclic) bond motifs is 1. The van der Waals surface area contributed by atoms with Crippen molar-refractivity contribution in [2.24, 2.45) is 5.92 Å². The summed E-state index contributed by atoms with van der Waals surface area (Å²) in [6, 6.07) is 3.55. The number of oxazole rings is 1. The minimum atomic E-state index is -0.278. The van der Waals surface area contributed by atoms with Gasteiger partial charge in [0.25, 0.3) is 11.8 Å². The van der Waals surface area contributed by atoms with Gasteiger partial charge in [-0.1, -0.05) is 6.92 Å². The SMILES string of the molecule is CC1CN(C(=O)c2cnc3cc[nH]c3c2)CC1NC(=O)c1cnc(C2CC2)o1. The molecule has 2 N–H and O–H groups in total. The summed E-state index contributed by atoms with van der Waals surface area (Å²) in [6.07, 6.45) is 7.03. The molecule has 8 heteroatoms. The average molecular weight is 379 g/mol. The van der Waals surface area contributed by atoms with Crippen LogP contribution in [0.15, 0.2) is 35.1 Å². The fourth-order valence-electron chi connectivity index (χ4n) is 3.71. The highest BCUT2D eigenvalue weighted by Gasteiger charge is 2.35. The van der Waals surface area contributed by atoms with Crippen LogP contribution < -0.4 is 5.32 Å². The van der Waals surface area contributed by atoms with E-state index in [1.54, 1.807) is 17.3 Å². The van der Waals surface area contributed by atoms with Crippen LogP contribution in [0.2, 0.25) is 0 Å². The van der Waals surface area contributed by atoms with E-state index in [1.165, 1.54) is 6.20 Å². The zero-order valence-corrected chi connectivity index (χ0v) is 15.5. The third-order valence-corrected chi connectivity index (χ3v) is 5.54. The van der Waals surface area contributed by atoms with Gasteiger partial charge in [0, 0.05) is 31.4 Å². The summed E-state index contributed by atoms with van der Waals surface area (Å²) in [5.41, 5.74) is 2.20. The number of amides is 2.